The van der Waals surface area contributed by atoms with Crippen LogP contribution < -0.4 is 0 Å². The minimum absolute atomic E-state index is 0.106. The molecule has 0 fully saturated rings. The van der Waals surface area contributed by atoms with Crippen LogP contribution in [0.15, 0.2) is 0 Å². The van der Waals surface area contributed by atoms with Crippen LogP contribution in [0, 0.1) is 11.8 Å². The van der Waals surface area contributed by atoms with Crippen LogP contribution in [0.3, 0.4) is 0 Å². The first-order valence-electron chi connectivity index (χ1n) is 37.0. The zero-order chi connectivity index (χ0) is 66.5. The predicted octanol–water partition coefficient (Wildman–Crippen LogP) is 20.4. The number of phosphoric ester groups is 2. The Morgan fingerprint density at radius 2 is 0.567 bits per heavy atom. The molecule has 0 amide bonds. The molecule has 0 spiro atoms. The summed E-state index contributed by atoms with van der Waals surface area (Å²) < 4.78 is 68.2. The summed E-state index contributed by atoms with van der Waals surface area (Å²) in [6.45, 7) is 9.58. The second-order valence-corrected chi connectivity index (χ2v) is 29.3. The average Bonchev–Trinajstić information content (AvgIpc) is 3.61. The van der Waals surface area contributed by atoms with Gasteiger partial charge in [0.25, 0.3) is 0 Å². The van der Waals surface area contributed by atoms with E-state index in [1.54, 1.807) is 0 Å². The first-order valence-corrected chi connectivity index (χ1v) is 40.0. The SMILES string of the molecule is CCCCCCCCCCCC(=O)OC[C@H](COP(=O)(O)OC[C@H](O)COP(=O)(O)OC[C@@H](COC(=O)CCCCCCCCCCCCCC(C)C)OC(=O)CCCCCCCCCCCCCCCCC(C)CC)OC(=O)CCCCCCCCCCC. The van der Waals surface area contributed by atoms with Gasteiger partial charge in [0, 0.05) is 25.7 Å². The minimum Gasteiger partial charge on any atom is -0.462 e. The second-order valence-electron chi connectivity index (χ2n) is 26.3. The van der Waals surface area contributed by atoms with Crippen molar-refractivity contribution < 1.29 is 80.2 Å². The normalized spacial score (nSPS) is 14.4. The zero-order valence-electron chi connectivity index (χ0n) is 58.4. The van der Waals surface area contributed by atoms with Crippen LogP contribution in [0.5, 0.6) is 0 Å². The van der Waals surface area contributed by atoms with Gasteiger partial charge in [-0.25, -0.2) is 9.13 Å². The first kappa shape index (κ1) is 88.1. The molecule has 0 aromatic rings. The van der Waals surface area contributed by atoms with Gasteiger partial charge in [0.15, 0.2) is 12.2 Å². The fourth-order valence-corrected chi connectivity index (χ4v) is 12.3. The van der Waals surface area contributed by atoms with E-state index in [1.165, 1.54) is 180 Å². The Bertz CT molecular complexity index is 1750. The number of unbranched alkanes of at least 4 members (excludes halogenated alkanes) is 39. The summed E-state index contributed by atoms with van der Waals surface area (Å²) in [6, 6.07) is 0. The van der Waals surface area contributed by atoms with Crippen LogP contribution in [0.25, 0.3) is 0 Å². The highest BCUT2D eigenvalue weighted by Gasteiger charge is 2.30. The Hall–Kier alpha value is -1.94. The Morgan fingerprint density at radius 1 is 0.322 bits per heavy atom. The van der Waals surface area contributed by atoms with Crippen LogP contribution in [0.2, 0.25) is 0 Å². The largest absolute Gasteiger partial charge is 0.472 e. The highest BCUT2D eigenvalue weighted by molar-refractivity contribution is 7.47. The molecule has 0 aromatic heterocycles. The average molecular weight is 1330 g/mol. The molecule has 3 unspecified atom stereocenters. The Kier molecular flexibility index (Phi) is 61.8. The number of carbonyl (C=O) groups excluding carboxylic acids is 4. The topological polar surface area (TPSA) is 237 Å². The molecule has 0 heterocycles. The number of aliphatic hydroxyl groups excluding tert-OH is 1. The van der Waals surface area contributed by atoms with E-state index in [-0.39, 0.29) is 25.7 Å². The highest BCUT2D eigenvalue weighted by atomic mass is 31.2. The van der Waals surface area contributed by atoms with Gasteiger partial charge in [0.05, 0.1) is 26.4 Å². The molecule has 17 nitrogen and oxygen atoms in total. The van der Waals surface area contributed by atoms with Crippen LogP contribution in [-0.4, -0.2) is 96.7 Å². The molecule has 0 radical (unpaired) electrons. The molecule has 6 atom stereocenters. The number of carbonyl (C=O) groups is 4. The maximum absolute atomic E-state index is 13.0. The quantitative estimate of drug-likeness (QED) is 0.0222. The summed E-state index contributed by atoms with van der Waals surface area (Å²) in [5.41, 5.74) is 0. The van der Waals surface area contributed by atoms with Crippen molar-refractivity contribution >= 4 is 39.5 Å². The lowest BCUT2D eigenvalue weighted by molar-refractivity contribution is -0.161. The lowest BCUT2D eigenvalue weighted by Gasteiger charge is -2.21. The smallest absolute Gasteiger partial charge is 0.462 e. The van der Waals surface area contributed by atoms with E-state index in [0.717, 1.165) is 102 Å². The van der Waals surface area contributed by atoms with Crippen molar-refractivity contribution in [1.82, 2.24) is 0 Å². The number of hydrogen-bond acceptors (Lipinski definition) is 15. The molecule has 19 heteroatoms. The number of rotatable bonds is 70. The van der Waals surface area contributed by atoms with Crippen molar-refractivity contribution in [2.75, 3.05) is 39.6 Å². The van der Waals surface area contributed by atoms with Crippen molar-refractivity contribution in [1.29, 1.82) is 0 Å². The molecule has 0 rings (SSSR count). The Balaban J connectivity index is 5.21. The molecule has 3 N–H and O–H groups in total. The maximum Gasteiger partial charge on any atom is 0.472 e. The number of aliphatic hydroxyl groups is 1. The molecule has 534 valence electrons. The second kappa shape index (κ2) is 63.1. The Morgan fingerprint density at radius 3 is 0.844 bits per heavy atom. The monoisotopic (exact) mass is 1320 g/mol. The van der Waals surface area contributed by atoms with Crippen LogP contribution in [0.1, 0.15) is 363 Å². The lowest BCUT2D eigenvalue weighted by Crippen LogP contribution is -2.30. The van der Waals surface area contributed by atoms with Crippen molar-refractivity contribution in [3.05, 3.63) is 0 Å². The summed E-state index contributed by atoms with van der Waals surface area (Å²) in [6.07, 6.45) is 48.5. The van der Waals surface area contributed by atoms with Crippen molar-refractivity contribution in [2.45, 2.75) is 381 Å². The van der Waals surface area contributed by atoms with Gasteiger partial charge in [-0.1, -0.05) is 311 Å². The van der Waals surface area contributed by atoms with E-state index < -0.39 is 97.5 Å². The van der Waals surface area contributed by atoms with Crippen molar-refractivity contribution in [2.24, 2.45) is 11.8 Å². The van der Waals surface area contributed by atoms with Crippen molar-refractivity contribution in [3.63, 3.8) is 0 Å². The fourth-order valence-electron chi connectivity index (χ4n) is 10.7. The van der Waals surface area contributed by atoms with Crippen LogP contribution in [0.4, 0.5) is 0 Å². The molecule has 0 aliphatic carbocycles. The number of ether oxygens (including phenoxy) is 4. The summed E-state index contributed by atoms with van der Waals surface area (Å²) in [5.74, 6) is -0.508. The summed E-state index contributed by atoms with van der Waals surface area (Å²) in [5, 5.41) is 10.6. The molecule has 0 aliphatic heterocycles. The zero-order valence-corrected chi connectivity index (χ0v) is 60.2. The van der Waals surface area contributed by atoms with Gasteiger partial charge in [0.2, 0.25) is 0 Å². The Labute approximate surface area is 549 Å². The van der Waals surface area contributed by atoms with E-state index in [0.29, 0.717) is 25.7 Å². The molecule has 0 saturated heterocycles. The number of esters is 4. The van der Waals surface area contributed by atoms with Gasteiger partial charge >= 0.3 is 39.5 Å². The fraction of sp³-hybridized carbons (Fsp3) is 0.944. The van der Waals surface area contributed by atoms with Gasteiger partial charge in [-0.15, -0.1) is 0 Å². The summed E-state index contributed by atoms with van der Waals surface area (Å²) in [4.78, 5) is 72.5. The standard InChI is InChI=1S/C71H138O17P2/c1-7-10-12-14-16-27-35-41-47-53-68(73)81-59-66(87-70(75)55-49-43-37-28-17-15-13-11-8-2)61-85-89(77,78)83-57-65(72)58-84-90(79,80)86-62-67(60-82-69(74)54-48-42-36-31-26-22-23-29-33-39-45-51-63(4)5)88-71(76)56-50-44-38-32-25-21-19-18-20-24-30-34-40-46-52-64(6)9-3/h63-67,72H,7-62H2,1-6H3,(H,77,78)(H,79,80)/t64?,65-,66+,67+/m0/s1. The number of phosphoric acid groups is 2. The molecule has 0 saturated carbocycles. The summed E-state index contributed by atoms with van der Waals surface area (Å²) >= 11 is 0. The van der Waals surface area contributed by atoms with Gasteiger partial charge in [0.1, 0.15) is 19.3 Å². The molecule has 0 aromatic carbocycles. The van der Waals surface area contributed by atoms with E-state index in [1.807, 2.05) is 0 Å². The third kappa shape index (κ3) is 63.5. The van der Waals surface area contributed by atoms with Gasteiger partial charge < -0.3 is 33.8 Å². The summed E-state index contributed by atoms with van der Waals surface area (Å²) in [7, 11) is -9.90. The highest BCUT2D eigenvalue weighted by Crippen LogP contribution is 2.45. The van der Waals surface area contributed by atoms with Crippen LogP contribution >= 0.6 is 15.6 Å². The van der Waals surface area contributed by atoms with E-state index in [2.05, 4.69) is 41.5 Å². The minimum atomic E-state index is -4.95. The van der Waals surface area contributed by atoms with Gasteiger partial charge in [-0.2, -0.15) is 0 Å². The van der Waals surface area contributed by atoms with Crippen LogP contribution in [-0.2, 0) is 65.4 Å². The predicted molar refractivity (Wildman–Crippen MR) is 363 cm³/mol. The molecule has 0 aliphatic rings. The van der Waals surface area contributed by atoms with E-state index in [4.69, 9.17) is 37.0 Å². The maximum atomic E-state index is 13.0. The van der Waals surface area contributed by atoms with Crippen molar-refractivity contribution in [3.8, 4) is 0 Å². The lowest BCUT2D eigenvalue weighted by atomic mass is 9.99. The number of hydrogen-bond donors (Lipinski definition) is 3. The van der Waals surface area contributed by atoms with E-state index >= 15 is 0 Å². The van der Waals surface area contributed by atoms with Gasteiger partial charge in [-0.05, 0) is 37.5 Å². The molecular weight excluding hydrogens is 1190 g/mol. The van der Waals surface area contributed by atoms with Gasteiger partial charge in [-0.3, -0.25) is 37.3 Å². The third-order valence-corrected chi connectivity index (χ3v) is 18.7. The molecule has 0 bridgehead atoms. The van der Waals surface area contributed by atoms with E-state index in [9.17, 15) is 43.2 Å². The third-order valence-electron chi connectivity index (χ3n) is 16.8. The molecular formula is C71H138O17P2. The first-order chi connectivity index (χ1) is 43.4. The molecule has 90 heavy (non-hydrogen) atoms.